The molecule has 16 heavy (non-hydrogen) atoms. The third-order valence-electron chi connectivity index (χ3n) is 1.99. The maximum absolute atomic E-state index is 12.5. The molecule has 1 heterocycles. The molecular formula is C10H13FN2O3. The van der Waals surface area contributed by atoms with E-state index in [1.54, 1.807) is 6.92 Å². The minimum absolute atomic E-state index is 0.181. The molecule has 5 nitrogen and oxygen atoms in total. The fourth-order valence-corrected chi connectivity index (χ4v) is 1.14. The number of ether oxygens (including phenoxy) is 1. The molecule has 2 atom stereocenters. The van der Waals surface area contributed by atoms with Crippen LogP contribution in [0.5, 0.6) is 0 Å². The highest BCUT2D eigenvalue weighted by atomic mass is 19.1. The molecule has 2 unspecified atom stereocenters. The molecule has 0 saturated heterocycles. The lowest BCUT2D eigenvalue weighted by Crippen LogP contribution is -2.38. The van der Waals surface area contributed by atoms with Crippen molar-refractivity contribution in [2.45, 2.75) is 19.1 Å². The van der Waals surface area contributed by atoms with Gasteiger partial charge in [0.1, 0.15) is 12.1 Å². The molecule has 3 N–H and O–H groups in total. The van der Waals surface area contributed by atoms with E-state index in [1.165, 1.54) is 6.07 Å². The molecule has 0 saturated carbocycles. The van der Waals surface area contributed by atoms with Gasteiger partial charge in [0.05, 0.1) is 6.61 Å². The largest absolute Gasteiger partial charge is 0.465 e. The summed E-state index contributed by atoms with van der Waals surface area (Å²) < 4.78 is 17.2. The summed E-state index contributed by atoms with van der Waals surface area (Å²) in [5.74, 6) is -1.38. The van der Waals surface area contributed by atoms with Gasteiger partial charge in [-0.3, -0.25) is 4.79 Å². The first-order chi connectivity index (χ1) is 7.56. The predicted octanol–water partition coefficient (Wildman–Crippen LogP) is 0.144. The van der Waals surface area contributed by atoms with Gasteiger partial charge < -0.3 is 15.6 Å². The van der Waals surface area contributed by atoms with E-state index < -0.39 is 24.1 Å². The molecule has 0 aliphatic rings. The van der Waals surface area contributed by atoms with E-state index in [0.29, 0.717) is 0 Å². The van der Waals surface area contributed by atoms with Crippen molar-refractivity contribution in [3.8, 4) is 0 Å². The average molecular weight is 228 g/mol. The van der Waals surface area contributed by atoms with Crippen molar-refractivity contribution < 1.29 is 19.0 Å². The van der Waals surface area contributed by atoms with Crippen molar-refractivity contribution in [1.29, 1.82) is 0 Å². The molecule has 0 fully saturated rings. The normalized spacial score (nSPS) is 14.2. The number of nitrogens with zero attached hydrogens (tertiary/aromatic N) is 1. The molecule has 0 spiro atoms. The Morgan fingerprint density at radius 3 is 2.88 bits per heavy atom. The van der Waals surface area contributed by atoms with Crippen LogP contribution in [0.4, 0.5) is 4.39 Å². The van der Waals surface area contributed by atoms with E-state index >= 15 is 0 Å². The highest BCUT2D eigenvalue weighted by molar-refractivity contribution is 5.76. The van der Waals surface area contributed by atoms with Gasteiger partial charge in [0, 0.05) is 11.8 Å². The predicted molar refractivity (Wildman–Crippen MR) is 53.8 cm³/mol. The third-order valence-corrected chi connectivity index (χ3v) is 1.99. The molecule has 6 heteroatoms. The molecular weight excluding hydrogens is 215 g/mol. The second-order valence-electron chi connectivity index (χ2n) is 3.14. The Hall–Kier alpha value is -1.53. The molecule has 1 aromatic rings. The number of carbonyl (C=O) groups is 1. The fourth-order valence-electron chi connectivity index (χ4n) is 1.14. The topological polar surface area (TPSA) is 85.4 Å². The Morgan fingerprint density at radius 2 is 2.38 bits per heavy atom. The fraction of sp³-hybridized carbons (Fsp3) is 0.400. The number of nitrogens with two attached hydrogens (primary N) is 1. The van der Waals surface area contributed by atoms with E-state index in [2.05, 4.69) is 9.72 Å². The smallest absolute Gasteiger partial charge is 0.325 e. The third kappa shape index (κ3) is 2.98. The van der Waals surface area contributed by atoms with Crippen molar-refractivity contribution in [3.05, 3.63) is 29.8 Å². The zero-order valence-electron chi connectivity index (χ0n) is 8.76. The maximum atomic E-state index is 12.5. The Balaban J connectivity index is 2.73. The van der Waals surface area contributed by atoms with Crippen molar-refractivity contribution in [3.63, 3.8) is 0 Å². The number of aliphatic hydroxyl groups is 1. The molecule has 0 amide bonds. The van der Waals surface area contributed by atoms with E-state index in [-0.39, 0.29) is 12.2 Å². The second kappa shape index (κ2) is 5.53. The lowest BCUT2D eigenvalue weighted by atomic mass is 10.1. The number of carbonyl (C=O) groups excluding carboxylic acids is 1. The van der Waals surface area contributed by atoms with Crippen LogP contribution in [0.2, 0.25) is 0 Å². The van der Waals surface area contributed by atoms with E-state index in [0.717, 1.165) is 12.3 Å². The molecule has 0 aliphatic carbocycles. The lowest BCUT2D eigenvalue weighted by molar-refractivity contribution is -0.147. The van der Waals surface area contributed by atoms with Crippen LogP contribution in [0.25, 0.3) is 0 Å². The number of hydrogen-bond acceptors (Lipinski definition) is 5. The summed E-state index contributed by atoms with van der Waals surface area (Å²) in [6.07, 6.45) is -0.133. The van der Waals surface area contributed by atoms with Crippen LogP contribution >= 0.6 is 0 Å². The minimum Gasteiger partial charge on any atom is -0.465 e. The summed E-state index contributed by atoms with van der Waals surface area (Å²) >= 11 is 0. The standard InChI is InChI=1S/C10H13FN2O3/c1-2-16-10(15)8(12)9(14)6-3-4-7(11)13-5-6/h3-5,8-9,14H,2,12H2,1H3. The second-order valence-corrected chi connectivity index (χ2v) is 3.14. The van der Waals surface area contributed by atoms with Crippen molar-refractivity contribution in [2.75, 3.05) is 6.61 Å². The van der Waals surface area contributed by atoms with Gasteiger partial charge in [0.25, 0.3) is 0 Å². The van der Waals surface area contributed by atoms with Crippen LogP contribution in [-0.2, 0) is 9.53 Å². The summed E-state index contributed by atoms with van der Waals surface area (Å²) in [6, 6.07) is 1.19. The molecule has 0 aromatic carbocycles. The van der Waals surface area contributed by atoms with Crippen LogP contribution < -0.4 is 5.73 Å². The monoisotopic (exact) mass is 228 g/mol. The zero-order chi connectivity index (χ0) is 12.1. The quantitative estimate of drug-likeness (QED) is 0.565. The number of halogens is 1. The van der Waals surface area contributed by atoms with E-state index in [9.17, 15) is 14.3 Å². The van der Waals surface area contributed by atoms with Gasteiger partial charge in [-0.05, 0) is 13.0 Å². The SMILES string of the molecule is CCOC(=O)C(N)C(O)c1ccc(F)nc1. The average Bonchev–Trinajstić information content (AvgIpc) is 2.28. The number of rotatable bonds is 4. The Kier molecular flexibility index (Phi) is 4.33. The lowest BCUT2D eigenvalue weighted by Gasteiger charge is -2.17. The number of aliphatic hydroxyl groups excluding tert-OH is 1. The van der Waals surface area contributed by atoms with Gasteiger partial charge in [-0.2, -0.15) is 4.39 Å². The Morgan fingerprint density at radius 1 is 1.69 bits per heavy atom. The molecule has 0 bridgehead atoms. The first-order valence-electron chi connectivity index (χ1n) is 4.78. The summed E-state index contributed by atoms with van der Waals surface area (Å²) in [7, 11) is 0. The number of hydrogen-bond donors (Lipinski definition) is 2. The summed E-state index contributed by atoms with van der Waals surface area (Å²) in [5.41, 5.74) is 5.74. The maximum Gasteiger partial charge on any atom is 0.325 e. The minimum atomic E-state index is -1.26. The summed E-state index contributed by atoms with van der Waals surface area (Å²) in [5, 5.41) is 9.69. The highest BCUT2D eigenvalue weighted by Gasteiger charge is 2.25. The molecule has 88 valence electrons. The van der Waals surface area contributed by atoms with Crippen molar-refractivity contribution >= 4 is 5.97 Å². The van der Waals surface area contributed by atoms with Crippen molar-refractivity contribution in [2.24, 2.45) is 5.73 Å². The van der Waals surface area contributed by atoms with E-state index in [1.807, 2.05) is 0 Å². The molecule has 1 aromatic heterocycles. The van der Waals surface area contributed by atoms with Gasteiger partial charge in [-0.15, -0.1) is 0 Å². The van der Waals surface area contributed by atoms with Gasteiger partial charge in [0.2, 0.25) is 5.95 Å². The molecule has 1 rings (SSSR count). The first kappa shape index (κ1) is 12.5. The van der Waals surface area contributed by atoms with E-state index in [4.69, 9.17) is 5.73 Å². The van der Waals surface area contributed by atoms with Crippen LogP contribution in [0, 0.1) is 5.95 Å². The van der Waals surface area contributed by atoms with Gasteiger partial charge in [-0.25, -0.2) is 4.98 Å². The van der Waals surface area contributed by atoms with Crippen LogP contribution in [0.15, 0.2) is 18.3 Å². The zero-order valence-corrected chi connectivity index (χ0v) is 8.76. The number of aromatic nitrogens is 1. The van der Waals surface area contributed by atoms with Crippen LogP contribution in [-0.4, -0.2) is 28.7 Å². The first-order valence-corrected chi connectivity index (χ1v) is 4.78. The van der Waals surface area contributed by atoms with Crippen molar-refractivity contribution in [1.82, 2.24) is 4.98 Å². The number of pyridine rings is 1. The summed E-state index contributed by atoms with van der Waals surface area (Å²) in [6.45, 7) is 1.82. The van der Waals surface area contributed by atoms with Gasteiger partial charge in [0.15, 0.2) is 0 Å². The van der Waals surface area contributed by atoms with Gasteiger partial charge in [-0.1, -0.05) is 6.07 Å². The summed E-state index contributed by atoms with van der Waals surface area (Å²) in [4.78, 5) is 14.6. The van der Waals surface area contributed by atoms with Crippen LogP contribution in [0.3, 0.4) is 0 Å². The van der Waals surface area contributed by atoms with Crippen LogP contribution in [0.1, 0.15) is 18.6 Å². The Bertz CT molecular complexity index is 356. The molecule has 0 radical (unpaired) electrons. The van der Waals surface area contributed by atoms with Gasteiger partial charge >= 0.3 is 5.97 Å². The molecule has 0 aliphatic heterocycles. The highest BCUT2D eigenvalue weighted by Crippen LogP contribution is 2.15. The number of esters is 1. The Labute approximate surface area is 92.1 Å².